The molecule has 1 aliphatic heterocycles. The standard InChI is InChI=1S/C14H23N3OS/c1-10-11-5-9-19-12(11)4-7-17(10)8-6-14(2,3)13(15)16-18/h5,9-10,18H,4,6-8H2,1-3H3,(H2,15,16). The summed E-state index contributed by atoms with van der Waals surface area (Å²) in [6, 6.07) is 2.71. The van der Waals surface area contributed by atoms with Crippen LogP contribution in [0.15, 0.2) is 16.6 Å². The number of thiophene rings is 1. The van der Waals surface area contributed by atoms with E-state index in [1.54, 1.807) is 0 Å². The second kappa shape index (κ2) is 5.51. The number of nitrogens with two attached hydrogens (primary N) is 1. The van der Waals surface area contributed by atoms with Crippen molar-refractivity contribution in [3.05, 3.63) is 21.9 Å². The van der Waals surface area contributed by atoms with Gasteiger partial charge in [-0.05, 0) is 43.3 Å². The molecule has 3 N–H and O–H groups in total. The lowest BCUT2D eigenvalue weighted by Crippen LogP contribution is -2.39. The van der Waals surface area contributed by atoms with E-state index in [1.165, 1.54) is 10.4 Å². The molecule has 1 unspecified atom stereocenters. The van der Waals surface area contributed by atoms with Crippen molar-refractivity contribution >= 4 is 17.2 Å². The molecular weight excluding hydrogens is 258 g/mol. The Morgan fingerprint density at radius 1 is 1.63 bits per heavy atom. The van der Waals surface area contributed by atoms with Crippen LogP contribution >= 0.6 is 11.3 Å². The van der Waals surface area contributed by atoms with E-state index in [-0.39, 0.29) is 5.41 Å². The van der Waals surface area contributed by atoms with E-state index >= 15 is 0 Å². The Morgan fingerprint density at radius 2 is 2.37 bits per heavy atom. The minimum Gasteiger partial charge on any atom is -0.409 e. The summed E-state index contributed by atoms with van der Waals surface area (Å²) in [5, 5.41) is 14.1. The van der Waals surface area contributed by atoms with Gasteiger partial charge in [-0.15, -0.1) is 11.3 Å². The van der Waals surface area contributed by atoms with E-state index < -0.39 is 0 Å². The number of amidine groups is 1. The van der Waals surface area contributed by atoms with Crippen LogP contribution in [0.25, 0.3) is 0 Å². The highest BCUT2D eigenvalue weighted by molar-refractivity contribution is 7.10. The van der Waals surface area contributed by atoms with Crippen LogP contribution in [0.2, 0.25) is 0 Å². The first-order chi connectivity index (χ1) is 8.95. The van der Waals surface area contributed by atoms with Crippen molar-refractivity contribution in [3.8, 4) is 0 Å². The molecule has 1 aromatic rings. The van der Waals surface area contributed by atoms with E-state index in [4.69, 9.17) is 10.9 Å². The highest BCUT2D eigenvalue weighted by Gasteiger charge is 2.28. The maximum absolute atomic E-state index is 8.81. The number of hydrogen-bond acceptors (Lipinski definition) is 4. The number of oxime groups is 1. The highest BCUT2D eigenvalue weighted by Crippen LogP contribution is 2.33. The summed E-state index contributed by atoms with van der Waals surface area (Å²) < 4.78 is 0. The largest absolute Gasteiger partial charge is 0.409 e. The predicted octanol–water partition coefficient (Wildman–Crippen LogP) is 2.83. The van der Waals surface area contributed by atoms with Crippen LogP contribution in [0.1, 0.15) is 43.7 Å². The van der Waals surface area contributed by atoms with E-state index in [2.05, 4.69) is 28.4 Å². The summed E-state index contributed by atoms with van der Waals surface area (Å²) in [6.07, 6.45) is 2.04. The molecule has 0 bridgehead atoms. The summed E-state index contributed by atoms with van der Waals surface area (Å²) in [7, 11) is 0. The highest BCUT2D eigenvalue weighted by atomic mass is 32.1. The summed E-state index contributed by atoms with van der Waals surface area (Å²) in [5.41, 5.74) is 6.95. The molecule has 2 rings (SSSR count). The smallest absolute Gasteiger partial charge is 0.144 e. The van der Waals surface area contributed by atoms with Gasteiger partial charge in [0.25, 0.3) is 0 Å². The van der Waals surface area contributed by atoms with Gasteiger partial charge in [0.05, 0.1) is 0 Å². The number of fused-ring (bicyclic) bond motifs is 1. The van der Waals surface area contributed by atoms with Gasteiger partial charge in [0.1, 0.15) is 5.84 Å². The average Bonchev–Trinajstić information content (AvgIpc) is 2.86. The molecule has 1 aromatic heterocycles. The van der Waals surface area contributed by atoms with Gasteiger partial charge in [0.2, 0.25) is 0 Å². The Morgan fingerprint density at radius 3 is 3.05 bits per heavy atom. The van der Waals surface area contributed by atoms with Crippen LogP contribution in [0.3, 0.4) is 0 Å². The fourth-order valence-electron chi connectivity index (χ4n) is 2.55. The molecule has 0 aliphatic carbocycles. The Kier molecular flexibility index (Phi) is 4.16. The van der Waals surface area contributed by atoms with Gasteiger partial charge in [0, 0.05) is 22.9 Å². The van der Waals surface area contributed by atoms with Crippen molar-refractivity contribution in [1.29, 1.82) is 0 Å². The van der Waals surface area contributed by atoms with Gasteiger partial charge >= 0.3 is 0 Å². The molecule has 0 saturated heterocycles. The SMILES string of the molecule is CC1c2ccsc2CCN1CCC(C)(C)C(N)=NO. The second-order valence-corrected chi connectivity index (χ2v) is 6.88. The number of nitrogens with zero attached hydrogens (tertiary/aromatic N) is 2. The number of hydrogen-bond donors (Lipinski definition) is 2. The third kappa shape index (κ3) is 2.92. The van der Waals surface area contributed by atoms with Crippen LogP contribution in [0.4, 0.5) is 0 Å². The van der Waals surface area contributed by atoms with Gasteiger partial charge in [0.15, 0.2) is 0 Å². The fourth-order valence-corrected chi connectivity index (χ4v) is 3.52. The summed E-state index contributed by atoms with van der Waals surface area (Å²) >= 11 is 1.86. The molecule has 0 aromatic carbocycles. The van der Waals surface area contributed by atoms with E-state index in [9.17, 15) is 0 Å². The lowest BCUT2D eigenvalue weighted by Gasteiger charge is -2.35. The molecule has 1 aliphatic rings. The molecule has 0 fully saturated rings. The minimum absolute atomic E-state index is 0.261. The summed E-state index contributed by atoms with van der Waals surface area (Å²) in [5.74, 6) is 0.313. The van der Waals surface area contributed by atoms with Crippen LogP contribution in [-0.4, -0.2) is 29.0 Å². The molecule has 2 heterocycles. The van der Waals surface area contributed by atoms with E-state index in [0.29, 0.717) is 11.9 Å². The van der Waals surface area contributed by atoms with Gasteiger partial charge in [-0.1, -0.05) is 19.0 Å². The van der Waals surface area contributed by atoms with E-state index in [0.717, 1.165) is 25.9 Å². The van der Waals surface area contributed by atoms with Crippen molar-refractivity contribution in [3.63, 3.8) is 0 Å². The van der Waals surface area contributed by atoms with Crippen LogP contribution in [0, 0.1) is 5.41 Å². The molecule has 0 saturated carbocycles. The third-order valence-electron chi connectivity index (χ3n) is 4.23. The molecule has 0 spiro atoms. The lowest BCUT2D eigenvalue weighted by molar-refractivity contribution is 0.180. The first kappa shape index (κ1) is 14.3. The minimum atomic E-state index is -0.261. The maximum Gasteiger partial charge on any atom is 0.144 e. The summed E-state index contributed by atoms with van der Waals surface area (Å²) in [4.78, 5) is 4.01. The van der Waals surface area contributed by atoms with Gasteiger partial charge in [-0.3, -0.25) is 4.90 Å². The molecule has 19 heavy (non-hydrogen) atoms. The first-order valence-electron chi connectivity index (χ1n) is 6.74. The Bertz CT molecular complexity index is 467. The molecular formula is C14H23N3OS. The van der Waals surface area contributed by atoms with Crippen molar-refractivity contribution in [2.75, 3.05) is 13.1 Å². The van der Waals surface area contributed by atoms with Crippen molar-refractivity contribution in [1.82, 2.24) is 4.90 Å². The zero-order valence-corrected chi connectivity index (χ0v) is 12.7. The van der Waals surface area contributed by atoms with Gasteiger partial charge < -0.3 is 10.9 Å². The molecule has 1 atom stereocenters. The van der Waals surface area contributed by atoms with Crippen molar-refractivity contribution in [2.45, 2.75) is 39.7 Å². The monoisotopic (exact) mass is 281 g/mol. The molecule has 5 heteroatoms. The first-order valence-corrected chi connectivity index (χ1v) is 7.62. The second-order valence-electron chi connectivity index (χ2n) is 5.88. The van der Waals surface area contributed by atoms with E-state index in [1.807, 2.05) is 25.2 Å². The Labute approximate surface area is 118 Å². The zero-order chi connectivity index (χ0) is 14.0. The molecule has 4 nitrogen and oxygen atoms in total. The topological polar surface area (TPSA) is 61.8 Å². The van der Waals surface area contributed by atoms with Crippen molar-refractivity contribution in [2.24, 2.45) is 16.3 Å². The van der Waals surface area contributed by atoms with Crippen LogP contribution in [-0.2, 0) is 6.42 Å². The molecule has 106 valence electrons. The predicted molar refractivity (Wildman–Crippen MR) is 79.8 cm³/mol. The molecule has 0 amide bonds. The van der Waals surface area contributed by atoms with Crippen LogP contribution in [0.5, 0.6) is 0 Å². The Balaban J connectivity index is 1.99. The zero-order valence-electron chi connectivity index (χ0n) is 11.9. The third-order valence-corrected chi connectivity index (χ3v) is 5.23. The Hall–Kier alpha value is -1.07. The van der Waals surface area contributed by atoms with Crippen molar-refractivity contribution < 1.29 is 5.21 Å². The summed E-state index contributed by atoms with van der Waals surface area (Å²) in [6.45, 7) is 8.38. The lowest BCUT2D eigenvalue weighted by atomic mass is 9.87. The van der Waals surface area contributed by atoms with Crippen LogP contribution < -0.4 is 5.73 Å². The average molecular weight is 281 g/mol. The number of rotatable bonds is 4. The van der Waals surface area contributed by atoms with Gasteiger partial charge in [-0.2, -0.15) is 0 Å². The van der Waals surface area contributed by atoms with Gasteiger partial charge in [-0.25, -0.2) is 0 Å². The molecule has 0 radical (unpaired) electrons. The normalized spacial score (nSPS) is 21.4. The fraction of sp³-hybridized carbons (Fsp3) is 0.643. The maximum atomic E-state index is 8.81. The quantitative estimate of drug-likeness (QED) is 0.386.